The van der Waals surface area contributed by atoms with Crippen molar-refractivity contribution in [3.8, 4) is 0 Å². The van der Waals surface area contributed by atoms with Crippen LogP contribution in [-0.2, 0) is 16.5 Å². The van der Waals surface area contributed by atoms with Gasteiger partial charge in [-0.05, 0) is 0 Å². The average Bonchev–Trinajstić information content (AvgIpc) is 0.811. The molecule has 0 rings (SSSR count). The molecule has 0 amide bonds. The van der Waals surface area contributed by atoms with Crippen LogP contribution >= 0.6 is 0 Å². The van der Waals surface area contributed by atoms with Crippen LogP contribution in [0.25, 0.3) is 0 Å². The Balaban J connectivity index is -0.00000000300. The predicted octanol–water partition coefficient (Wildman–Crippen LogP) is -4.37. The first-order chi connectivity index (χ1) is 1.73. The maximum Gasteiger partial charge on any atom is 2.00 e. The van der Waals surface area contributed by atoms with Crippen LogP contribution in [0.5, 0.6) is 0 Å². The molecule has 0 unspecified atom stereocenters. The van der Waals surface area contributed by atoms with Crippen molar-refractivity contribution in [2.24, 2.45) is 0 Å². The fraction of sp³-hybridized carbons (Fsp3) is 0. The first-order valence-electron chi connectivity index (χ1n) is 0.548. The van der Waals surface area contributed by atoms with Gasteiger partial charge in [0.25, 0.3) is 0 Å². The van der Waals surface area contributed by atoms with Gasteiger partial charge in [0.1, 0.15) is 0 Å². The number of rotatable bonds is 0. The normalized spacial score (nSPS) is 2.40. The van der Waals surface area contributed by atoms with Crippen molar-refractivity contribution in [2.75, 3.05) is 0 Å². The van der Waals surface area contributed by atoms with E-state index < -0.39 is 5.09 Å². The van der Waals surface area contributed by atoms with E-state index in [1.165, 1.54) is 0 Å². The van der Waals surface area contributed by atoms with Crippen LogP contribution < -0.4 is 0 Å². The van der Waals surface area contributed by atoms with Gasteiger partial charge in [-0.15, -0.1) is 0 Å². The summed E-state index contributed by atoms with van der Waals surface area (Å²) >= 11 is 0. The summed E-state index contributed by atoms with van der Waals surface area (Å²) in [7, 11) is 0. The van der Waals surface area contributed by atoms with Gasteiger partial charge in [-0.2, -0.15) is 0 Å². The van der Waals surface area contributed by atoms with Crippen LogP contribution in [0.4, 0.5) is 0 Å². The van der Waals surface area contributed by atoms with E-state index in [1.54, 1.807) is 0 Å². The second-order valence-corrected chi connectivity index (χ2v) is 0.224. The van der Waals surface area contributed by atoms with E-state index in [4.69, 9.17) is 15.3 Å². The van der Waals surface area contributed by atoms with Crippen molar-refractivity contribution in [3.05, 3.63) is 15.3 Å². The third-order valence-electron chi connectivity index (χ3n) is 0. The predicted molar refractivity (Wildman–Crippen MR) is 28.4 cm³/mol. The van der Waals surface area contributed by atoms with Gasteiger partial charge in [0.05, 0.1) is 5.09 Å². The number of hydrogen-bond acceptors (Lipinski definition) is 3. The first-order valence-corrected chi connectivity index (χ1v) is 0.548. The van der Waals surface area contributed by atoms with E-state index in [-0.39, 0.29) is 43.9 Å². The van der Waals surface area contributed by atoms with Crippen molar-refractivity contribution < 1.29 is 49.0 Å². The monoisotopic (exact) mass is 210 g/mol. The van der Waals surface area contributed by atoms with E-state index in [2.05, 4.69) is 0 Å². The van der Waals surface area contributed by atoms with Gasteiger partial charge in [0.15, 0.2) is 0 Å². The maximum absolute atomic E-state index is 8.25. The van der Waals surface area contributed by atoms with Gasteiger partial charge in [-0.1, -0.05) is 0 Å². The molecule has 72 valence electrons. The molecule has 0 atom stereocenters. The zero-order valence-electron chi connectivity index (χ0n) is 4.49. The van der Waals surface area contributed by atoms with Gasteiger partial charge in [0.2, 0.25) is 0 Å². The molecule has 10 heteroatoms. The molecule has 0 aromatic rings. The molecule has 0 aliphatic rings. The SMILES string of the molecule is O.O.O.O.O.O=[N+]([O-])[O-].[Ni+2]. The molecule has 0 radical (unpaired) electrons. The summed E-state index contributed by atoms with van der Waals surface area (Å²) in [6, 6.07) is 0. The molecule has 0 spiro atoms. The summed E-state index contributed by atoms with van der Waals surface area (Å²) < 4.78 is 0. The molecule has 0 fully saturated rings. The third kappa shape index (κ3) is 1230. The van der Waals surface area contributed by atoms with Gasteiger partial charge in [0, 0.05) is 0 Å². The van der Waals surface area contributed by atoms with Crippen molar-refractivity contribution in [1.82, 2.24) is 0 Å². The Kier molecular flexibility index (Phi) is 845. The molecule has 9 nitrogen and oxygen atoms in total. The van der Waals surface area contributed by atoms with Gasteiger partial charge >= 0.3 is 16.5 Å². The van der Waals surface area contributed by atoms with Crippen LogP contribution in [-0.4, -0.2) is 32.5 Å². The van der Waals surface area contributed by atoms with E-state index in [9.17, 15) is 0 Å². The zero-order valence-corrected chi connectivity index (χ0v) is 5.48. The van der Waals surface area contributed by atoms with Crippen LogP contribution in [0.2, 0.25) is 0 Å². The van der Waals surface area contributed by atoms with Crippen LogP contribution in [0.1, 0.15) is 0 Å². The van der Waals surface area contributed by atoms with Gasteiger partial charge < -0.3 is 42.7 Å². The fourth-order valence-electron chi connectivity index (χ4n) is 0. The zero-order chi connectivity index (χ0) is 3.58. The van der Waals surface area contributed by atoms with Crippen molar-refractivity contribution in [1.29, 1.82) is 0 Å². The molecule has 0 aromatic heterocycles. The third-order valence-corrected chi connectivity index (χ3v) is 0. The molecule has 0 saturated carbocycles. The quantitative estimate of drug-likeness (QED) is 0.219. The average molecular weight is 211 g/mol. The Morgan fingerprint density at radius 2 is 0.800 bits per heavy atom. The molecule has 10 N–H and O–H groups in total. The van der Waals surface area contributed by atoms with Crippen LogP contribution in [0.15, 0.2) is 0 Å². The second kappa shape index (κ2) is 76.7. The summed E-state index contributed by atoms with van der Waals surface area (Å²) in [6.07, 6.45) is 0. The topological polar surface area (TPSA) is 224 Å². The molecule has 0 heterocycles. The molecule has 0 aliphatic carbocycles. The molecular formula is H10NNiO8+. The molecule has 0 saturated heterocycles. The standard InChI is InChI=1S/NO3.Ni.5H2O/c2-1(3)4;;;;;;/h;;5*1H2/q-1;+2;;;;;. The summed E-state index contributed by atoms with van der Waals surface area (Å²) in [5.74, 6) is 0. The summed E-state index contributed by atoms with van der Waals surface area (Å²) in [5.41, 5.74) is 0. The van der Waals surface area contributed by atoms with E-state index in [1.807, 2.05) is 0 Å². The Morgan fingerprint density at radius 1 is 0.800 bits per heavy atom. The summed E-state index contributed by atoms with van der Waals surface area (Å²) in [5, 5.41) is 14.8. The first kappa shape index (κ1) is 110. The Bertz CT molecular complexity index is 32.2. The number of hydrogen-bond donors (Lipinski definition) is 0. The molecule has 10 heavy (non-hydrogen) atoms. The number of nitrogens with zero attached hydrogens (tertiary/aromatic N) is 1. The van der Waals surface area contributed by atoms with Crippen molar-refractivity contribution in [2.45, 2.75) is 0 Å². The Hall–Kier alpha value is -0.506. The minimum absolute atomic E-state index is 0. The molecular weight excluding hydrogens is 201 g/mol. The smallest absolute Gasteiger partial charge is 0.412 e. The molecule has 0 bridgehead atoms. The second-order valence-electron chi connectivity index (χ2n) is 0.224. The summed E-state index contributed by atoms with van der Waals surface area (Å²) in [4.78, 5) is 8.25. The largest absolute Gasteiger partial charge is 2.00 e. The minimum atomic E-state index is -1.75. The van der Waals surface area contributed by atoms with Gasteiger partial charge in [-0.3, -0.25) is 0 Å². The van der Waals surface area contributed by atoms with E-state index in [0.29, 0.717) is 0 Å². The van der Waals surface area contributed by atoms with Crippen molar-refractivity contribution in [3.63, 3.8) is 0 Å². The Labute approximate surface area is 65.2 Å². The van der Waals surface area contributed by atoms with Crippen LogP contribution in [0.3, 0.4) is 0 Å². The van der Waals surface area contributed by atoms with E-state index in [0.717, 1.165) is 0 Å². The minimum Gasteiger partial charge on any atom is -0.412 e. The fourth-order valence-corrected chi connectivity index (χ4v) is 0. The van der Waals surface area contributed by atoms with Crippen molar-refractivity contribution >= 4 is 0 Å². The maximum atomic E-state index is 8.25. The summed E-state index contributed by atoms with van der Waals surface area (Å²) in [6.45, 7) is 0. The van der Waals surface area contributed by atoms with Crippen LogP contribution in [0, 0.1) is 15.3 Å². The van der Waals surface area contributed by atoms with E-state index >= 15 is 0 Å². The molecule has 0 aromatic carbocycles. The van der Waals surface area contributed by atoms with Gasteiger partial charge in [-0.25, -0.2) is 0 Å². The Morgan fingerprint density at radius 3 is 0.800 bits per heavy atom. The molecule has 0 aliphatic heterocycles.